The molecule has 102 valence electrons. The minimum Gasteiger partial charge on any atom is -0.466 e. The van der Waals surface area contributed by atoms with Crippen LogP contribution in [0.5, 0.6) is 0 Å². The second-order valence-corrected chi connectivity index (χ2v) is 4.51. The summed E-state index contributed by atoms with van der Waals surface area (Å²) < 4.78 is 4.94. The zero-order valence-corrected chi connectivity index (χ0v) is 11.9. The van der Waals surface area contributed by atoms with Gasteiger partial charge in [0.15, 0.2) is 0 Å². The van der Waals surface area contributed by atoms with Crippen molar-refractivity contribution in [3.05, 3.63) is 0 Å². The van der Waals surface area contributed by atoms with Crippen molar-refractivity contribution in [2.75, 3.05) is 25.0 Å². The molecule has 0 aromatic rings. The lowest BCUT2D eigenvalue weighted by Crippen LogP contribution is -2.58. The molecule has 0 bridgehead atoms. The molecule has 2 amide bonds. The Morgan fingerprint density at radius 1 is 1.56 bits per heavy atom. The third kappa shape index (κ3) is 3.97. The van der Waals surface area contributed by atoms with Gasteiger partial charge in [-0.15, -0.1) is 0 Å². The van der Waals surface area contributed by atoms with Gasteiger partial charge in [-0.1, -0.05) is 22.9 Å². The first kappa shape index (κ1) is 14.9. The lowest BCUT2D eigenvalue weighted by molar-refractivity contribution is -0.151. The van der Waals surface area contributed by atoms with Crippen LogP contribution < -0.4 is 5.32 Å². The summed E-state index contributed by atoms with van der Waals surface area (Å²) in [5.41, 5.74) is 0. The van der Waals surface area contributed by atoms with Gasteiger partial charge in [0.1, 0.15) is 6.04 Å². The van der Waals surface area contributed by atoms with Gasteiger partial charge < -0.3 is 15.0 Å². The maximum absolute atomic E-state index is 11.7. The molecule has 7 heteroatoms. The van der Waals surface area contributed by atoms with Gasteiger partial charge in [-0.05, 0) is 6.42 Å². The van der Waals surface area contributed by atoms with Crippen molar-refractivity contribution in [1.82, 2.24) is 10.2 Å². The number of hydrogen-bond acceptors (Lipinski definition) is 4. The van der Waals surface area contributed by atoms with E-state index in [1.165, 1.54) is 4.90 Å². The Morgan fingerprint density at radius 2 is 2.28 bits per heavy atom. The highest BCUT2D eigenvalue weighted by molar-refractivity contribution is 9.09. The predicted molar refractivity (Wildman–Crippen MR) is 68.2 cm³/mol. The van der Waals surface area contributed by atoms with Gasteiger partial charge in [-0.2, -0.15) is 0 Å². The van der Waals surface area contributed by atoms with Gasteiger partial charge >= 0.3 is 5.97 Å². The summed E-state index contributed by atoms with van der Waals surface area (Å²) in [6, 6.07) is -0.756. The Kier molecular flexibility index (Phi) is 6.11. The second kappa shape index (κ2) is 7.35. The fourth-order valence-corrected chi connectivity index (χ4v) is 2.05. The van der Waals surface area contributed by atoms with Gasteiger partial charge in [0, 0.05) is 13.1 Å². The Hall–Kier alpha value is -1.11. The quantitative estimate of drug-likeness (QED) is 0.574. The summed E-state index contributed by atoms with van der Waals surface area (Å²) in [7, 11) is 0. The maximum atomic E-state index is 11.7. The summed E-state index contributed by atoms with van der Waals surface area (Å²) in [5, 5.41) is 2.79. The number of halogens is 1. The van der Waals surface area contributed by atoms with E-state index in [9.17, 15) is 14.4 Å². The number of esters is 1. The van der Waals surface area contributed by atoms with E-state index in [1.54, 1.807) is 0 Å². The second-order valence-electron chi connectivity index (χ2n) is 3.95. The Morgan fingerprint density at radius 3 is 2.89 bits per heavy atom. The van der Waals surface area contributed by atoms with Gasteiger partial charge in [-0.3, -0.25) is 14.4 Å². The fraction of sp³-hybridized carbons (Fsp3) is 0.727. The van der Waals surface area contributed by atoms with Crippen LogP contribution >= 0.6 is 15.9 Å². The summed E-state index contributed by atoms with van der Waals surface area (Å²) >= 11 is 3.07. The zero-order valence-electron chi connectivity index (χ0n) is 10.3. The van der Waals surface area contributed by atoms with Gasteiger partial charge in [0.25, 0.3) is 0 Å². The third-order valence-electron chi connectivity index (χ3n) is 2.59. The van der Waals surface area contributed by atoms with E-state index in [0.29, 0.717) is 19.7 Å². The minimum atomic E-state index is -0.756. The molecule has 1 atom stereocenters. The number of carbonyl (C=O) groups excluding carboxylic acids is 3. The largest absolute Gasteiger partial charge is 0.466 e. The van der Waals surface area contributed by atoms with E-state index < -0.39 is 12.0 Å². The normalized spacial score (nSPS) is 19.3. The molecule has 0 aromatic carbocycles. The molecule has 1 aliphatic heterocycles. The maximum Gasteiger partial charge on any atom is 0.308 e. The molecule has 1 fully saturated rings. The zero-order chi connectivity index (χ0) is 13.5. The molecule has 0 aliphatic carbocycles. The fourth-order valence-electron chi connectivity index (χ4n) is 1.73. The molecule has 1 aliphatic rings. The molecule has 1 rings (SSSR count). The van der Waals surface area contributed by atoms with Crippen LogP contribution in [0.4, 0.5) is 0 Å². The number of amides is 2. The highest BCUT2D eigenvalue weighted by Crippen LogP contribution is 2.11. The van der Waals surface area contributed by atoms with E-state index >= 15 is 0 Å². The highest BCUT2D eigenvalue weighted by atomic mass is 79.9. The van der Waals surface area contributed by atoms with Crippen molar-refractivity contribution < 1.29 is 19.1 Å². The van der Waals surface area contributed by atoms with E-state index in [-0.39, 0.29) is 23.6 Å². The monoisotopic (exact) mass is 320 g/mol. The van der Waals surface area contributed by atoms with Crippen molar-refractivity contribution in [2.45, 2.75) is 25.8 Å². The minimum absolute atomic E-state index is 0.0927. The first-order valence-electron chi connectivity index (χ1n) is 5.89. The molecular weight excluding hydrogens is 304 g/mol. The Bertz CT molecular complexity index is 335. The molecule has 0 saturated carbocycles. The number of piperazine rings is 1. The van der Waals surface area contributed by atoms with Crippen LogP contribution in [0, 0.1) is 0 Å². The number of nitrogens with one attached hydrogen (secondary N) is 1. The summed E-state index contributed by atoms with van der Waals surface area (Å²) in [5.74, 6) is -0.951. The first-order chi connectivity index (χ1) is 8.60. The topological polar surface area (TPSA) is 75.7 Å². The number of nitrogens with zero attached hydrogens (tertiary/aromatic N) is 1. The molecule has 0 aromatic heterocycles. The average Bonchev–Trinajstić information content (AvgIpc) is 2.37. The van der Waals surface area contributed by atoms with Crippen LogP contribution in [0.25, 0.3) is 0 Å². The molecule has 0 unspecified atom stereocenters. The van der Waals surface area contributed by atoms with Crippen LogP contribution in [0.2, 0.25) is 0 Å². The van der Waals surface area contributed by atoms with Crippen molar-refractivity contribution in [1.29, 1.82) is 0 Å². The molecule has 0 radical (unpaired) electrons. The van der Waals surface area contributed by atoms with Crippen molar-refractivity contribution in [2.24, 2.45) is 0 Å². The smallest absolute Gasteiger partial charge is 0.308 e. The number of ether oxygens (including phenoxy) is 1. The van der Waals surface area contributed by atoms with E-state index in [0.717, 1.165) is 6.42 Å². The van der Waals surface area contributed by atoms with Crippen molar-refractivity contribution in [3.63, 3.8) is 0 Å². The summed E-state index contributed by atoms with van der Waals surface area (Å²) in [6.45, 7) is 3.06. The summed E-state index contributed by atoms with van der Waals surface area (Å²) in [4.78, 5) is 36.3. The van der Waals surface area contributed by atoms with Crippen molar-refractivity contribution in [3.8, 4) is 0 Å². The molecule has 1 heterocycles. The van der Waals surface area contributed by atoms with Crippen LogP contribution in [-0.4, -0.2) is 53.8 Å². The highest BCUT2D eigenvalue weighted by Gasteiger charge is 2.34. The van der Waals surface area contributed by atoms with Gasteiger partial charge in [-0.25, -0.2) is 0 Å². The number of alkyl halides is 1. The molecule has 18 heavy (non-hydrogen) atoms. The molecule has 0 spiro atoms. The van der Waals surface area contributed by atoms with Crippen LogP contribution in [0.15, 0.2) is 0 Å². The van der Waals surface area contributed by atoms with E-state index in [2.05, 4.69) is 21.2 Å². The lowest BCUT2D eigenvalue weighted by atomic mass is 10.1. The standard InChI is InChI=1S/C11H17BrN2O4/c1-2-5-18-10(16)6-8-11(17)13-3-4-14(8)9(15)7-12/h8H,2-7H2,1H3,(H,13,17)/t8-/m1/s1. The SMILES string of the molecule is CCCOC(=O)C[C@@H]1C(=O)NCCN1C(=O)CBr. The van der Waals surface area contributed by atoms with Gasteiger partial charge in [0.05, 0.1) is 18.4 Å². The first-order valence-corrected chi connectivity index (χ1v) is 7.01. The number of rotatable bonds is 5. The predicted octanol–water partition coefficient (Wildman–Crippen LogP) is 0.0516. The summed E-state index contributed by atoms with van der Waals surface area (Å²) in [6.07, 6.45) is 0.636. The number of carbonyl (C=O) groups is 3. The lowest BCUT2D eigenvalue weighted by Gasteiger charge is -2.34. The Labute approximate surface area is 114 Å². The van der Waals surface area contributed by atoms with Crippen LogP contribution in [-0.2, 0) is 19.1 Å². The van der Waals surface area contributed by atoms with Crippen molar-refractivity contribution >= 4 is 33.7 Å². The van der Waals surface area contributed by atoms with E-state index in [4.69, 9.17) is 4.74 Å². The van der Waals surface area contributed by atoms with Crippen LogP contribution in [0.1, 0.15) is 19.8 Å². The molecule has 6 nitrogen and oxygen atoms in total. The van der Waals surface area contributed by atoms with Gasteiger partial charge in [0.2, 0.25) is 11.8 Å². The van der Waals surface area contributed by atoms with Crippen LogP contribution in [0.3, 0.4) is 0 Å². The Balaban J connectivity index is 2.64. The van der Waals surface area contributed by atoms with E-state index in [1.807, 2.05) is 6.92 Å². The number of hydrogen-bond donors (Lipinski definition) is 1. The third-order valence-corrected chi connectivity index (χ3v) is 3.07. The molecule has 1 saturated heterocycles. The molecular formula is C11H17BrN2O4. The average molecular weight is 321 g/mol. The molecule has 1 N–H and O–H groups in total.